The Labute approximate surface area is 273 Å². The summed E-state index contributed by atoms with van der Waals surface area (Å²) in [5.74, 6) is 1.36. The van der Waals surface area contributed by atoms with Crippen molar-refractivity contribution < 1.29 is 23.1 Å². The van der Waals surface area contributed by atoms with E-state index >= 15 is 0 Å². The molecule has 0 saturated heterocycles. The van der Waals surface area contributed by atoms with E-state index in [9.17, 15) is 0 Å². The van der Waals surface area contributed by atoms with Gasteiger partial charge in [-0.2, -0.15) is 0 Å². The second-order valence-electron chi connectivity index (χ2n) is 15.9. The molecule has 1 aliphatic rings. The average molecular weight is 647 g/mol. The number of methoxy groups -OCH3 is 1. The molecule has 0 spiro atoms. The Hall–Kier alpha value is -1.23. The van der Waals surface area contributed by atoms with E-state index in [1.165, 1.54) is 24.0 Å². The molecule has 0 saturated carbocycles. The fourth-order valence-corrected chi connectivity index (χ4v) is 7.12. The number of hydrogen-bond donors (Lipinski definition) is 0. The van der Waals surface area contributed by atoms with Crippen LogP contribution >= 0.6 is 0 Å². The largest absolute Gasteiger partial charge is 0.497 e. The van der Waals surface area contributed by atoms with Gasteiger partial charge in [0, 0.05) is 13.2 Å². The van der Waals surface area contributed by atoms with Crippen molar-refractivity contribution in [3.8, 4) is 5.75 Å². The number of benzene rings is 1. The summed E-state index contributed by atoms with van der Waals surface area (Å²) in [6, 6.07) is 8.09. The van der Waals surface area contributed by atoms with Crippen molar-refractivity contribution in [1.29, 1.82) is 0 Å². The van der Waals surface area contributed by atoms with Crippen LogP contribution in [0.4, 0.5) is 0 Å². The van der Waals surface area contributed by atoms with Gasteiger partial charge < -0.3 is 23.1 Å². The third kappa shape index (κ3) is 12.5. The van der Waals surface area contributed by atoms with E-state index < -0.39 is 16.6 Å². The average Bonchev–Trinajstić information content (AvgIpc) is 2.92. The smallest absolute Gasteiger partial charge is 0.193 e. The van der Waals surface area contributed by atoms with E-state index in [4.69, 9.17) is 23.1 Å². The maximum absolute atomic E-state index is 6.93. The van der Waals surface area contributed by atoms with Gasteiger partial charge in [0.05, 0.1) is 25.9 Å². The number of unbranched alkanes of at least 4 members (excludes halogenated alkanes) is 2. The zero-order valence-corrected chi connectivity index (χ0v) is 32.5. The molecule has 0 bridgehead atoms. The van der Waals surface area contributed by atoms with Gasteiger partial charge in [-0.3, -0.25) is 0 Å². The highest BCUT2D eigenvalue weighted by molar-refractivity contribution is 6.74. The standard InChI is InChI=1S/C37H66O5Si2/c1-29(17-15-14-16-25-39-28-31-18-20-32(38-9)21-19-31)27-30(2)35-34(42-44(12,13)37(6,7)8)23-22-33(41-35)24-26-40-43(10,11)36(3,4)5/h18-23,27,29,33-35H,14-17,24-26,28H2,1-13H3/b30-27+/t29-,33-,34-,35+/m1/s1. The summed E-state index contributed by atoms with van der Waals surface area (Å²) < 4.78 is 31.3. The fraction of sp³-hybridized carbons (Fsp3) is 0.730. The lowest BCUT2D eigenvalue weighted by Gasteiger charge is -2.43. The maximum Gasteiger partial charge on any atom is 0.193 e. The first-order valence-corrected chi connectivity index (χ1v) is 22.7. The molecule has 1 aliphatic heterocycles. The molecule has 0 fully saturated rings. The summed E-state index contributed by atoms with van der Waals surface area (Å²) in [6.45, 7) is 29.8. The molecule has 1 heterocycles. The van der Waals surface area contributed by atoms with Crippen LogP contribution in [0.15, 0.2) is 48.1 Å². The van der Waals surface area contributed by atoms with Gasteiger partial charge in [-0.05, 0) is 91.6 Å². The van der Waals surface area contributed by atoms with Crippen LogP contribution in [0.5, 0.6) is 5.75 Å². The minimum absolute atomic E-state index is 0.0422. The van der Waals surface area contributed by atoms with Gasteiger partial charge in [-0.15, -0.1) is 0 Å². The minimum atomic E-state index is -1.97. The summed E-state index contributed by atoms with van der Waals surface area (Å²) in [4.78, 5) is 0. The summed E-state index contributed by atoms with van der Waals surface area (Å²) >= 11 is 0. The number of allylic oxidation sites excluding steroid dienone is 1. The highest BCUT2D eigenvalue weighted by Crippen LogP contribution is 2.40. The molecule has 7 heteroatoms. The molecule has 2 rings (SSSR count). The Morgan fingerprint density at radius 3 is 2.11 bits per heavy atom. The number of rotatable bonds is 17. The normalized spacial score (nSPS) is 21.0. The second kappa shape index (κ2) is 17.1. The summed E-state index contributed by atoms with van der Waals surface area (Å²) in [7, 11) is -2.06. The van der Waals surface area contributed by atoms with E-state index in [0.29, 0.717) is 12.5 Å². The molecule has 1 aromatic carbocycles. The van der Waals surface area contributed by atoms with Crippen LogP contribution in [-0.2, 0) is 24.9 Å². The highest BCUT2D eigenvalue weighted by atomic mass is 28.4. The Morgan fingerprint density at radius 1 is 0.886 bits per heavy atom. The van der Waals surface area contributed by atoms with Gasteiger partial charge >= 0.3 is 0 Å². The summed E-state index contributed by atoms with van der Waals surface area (Å²) in [5.41, 5.74) is 2.46. The molecular formula is C37H66O5Si2. The van der Waals surface area contributed by atoms with E-state index in [1.54, 1.807) is 7.11 Å². The molecule has 252 valence electrons. The lowest BCUT2D eigenvalue weighted by Crippen LogP contribution is -2.49. The Morgan fingerprint density at radius 2 is 1.52 bits per heavy atom. The first-order chi connectivity index (χ1) is 20.4. The topological polar surface area (TPSA) is 46.2 Å². The molecule has 0 radical (unpaired) electrons. The van der Waals surface area contributed by atoms with Crippen molar-refractivity contribution in [3.63, 3.8) is 0 Å². The van der Waals surface area contributed by atoms with Crippen LogP contribution in [0.1, 0.15) is 93.1 Å². The molecule has 0 aromatic heterocycles. The molecule has 0 unspecified atom stereocenters. The van der Waals surface area contributed by atoms with E-state index in [-0.39, 0.29) is 28.4 Å². The SMILES string of the molecule is COc1ccc(COCCCCC[C@@H](C)/C=C(\C)[C@@H]2O[C@@H](CCO[Si](C)(C)C(C)(C)C)C=C[C@H]2O[Si](C)(C)C(C)(C)C)cc1. The Bertz CT molecular complexity index is 1030. The summed E-state index contributed by atoms with van der Waals surface area (Å²) in [6.07, 6.45) is 12.3. The molecule has 0 N–H and O–H groups in total. The van der Waals surface area contributed by atoms with Crippen LogP contribution < -0.4 is 4.74 Å². The molecule has 5 nitrogen and oxygen atoms in total. The van der Waals surface area contributed by atoms with Crippen molar-refractivity contribution >= 4 is 16.6 Å². The van der Waals surface area contributed by atoms with Gasteiger partial charge in [0.1, 0.15) is 11.9 Å². The number of ether oxygens (including phenoxy) is 3. The van der Waals surface area contributed by atoms with E-state index in [1.807, 2.05) is 12.1 Å². The predicted molar refractivity (Wildman–Crippen MR) is 192 cm³/mol. The third-order valence-corrected chi connectivity index (χ3v) is 18.9. The quantitative estimate of drug-likeness (QED) is 0.0957. The lowest BCUT2D eigenvalue weighted by molar-refractivity contribution is -0.0381. The molecule has 1 aromatic rings. The Balaban J connectivity index is 1.92. The Kier molecular flexibility index (Phi) is 15.1. The lowest BCUT2D eigenvalue weighted by atomic mass is 9.95. The highest BCUT2D eigenvalue weighted by Gasteiger charge is 2.42. The molecule has 44 heavy (non-hydrogen) atoms. The van der Waals surface area contributed by atoms with Crippen molar-refractivity contribution in [2.75, 3.05) is 20.3 Å². The van der Waals surface area contributed by atoms with Gasteiger partial charge in [0.15, 0.2) is 16.6 Å². The van der Waals surface area contributed by atoms with Crippen molar-refractivity contribution in [2.45, 2.75) is 149 Å². The summed E-state index contributed by atoms with van der Waals surface area (Å²) in [5, 5.41) is 0.350. The molecular weight excluding hydrogens is 581 g/mol. The van der Waals surface area contributed by atoms with Crippen molar-refractivity contribution in [1.82, 2.24) is 0 Å². The molecule has 0 amide bonds. The van der Waals surface area contributed by atoms with Gasteiger partial charge in [-0.25, -0.2) is 0 Å². The number of hydrogen-bond acceptors (Lipinski definition) is 5. The predicted octanol–water partition coefficient (Wildman–Crippen LogP) is 10.5. The second-order valence-corrected chi connectivity index (χ2v) is 25.4. The molecule has 0 aliphatic carbocycles. The molecule has 4 atom stereocenters. The third-order valence-electron chi connectivity index (χ3n) is 9.92. The van der Waals surface area contributed by atoms with Gasteiger partial charge in [0.2, 0.25) is 0 Å². The maximum atomic E-state index is 6.93. The zero-order valence-electron chi connectivity index (χ0n) is 30.5. The first-order valence-electron chi connectivity index (χ1n) is 16.9. The zero-order chi connectivity index (χ0) is 33.2. The van der Waals surface area contributed by atoms with E-state index in [0.717, 1.165) is 38.2 Å². The first kappa shape index (κ1) is 39.0. The van der Waals surface area contributed by atoms with Crippen molar-refractivity contribution in [2.24, 2.45) is 5.92 Å². The minimum Gasteiger partial charge on any atom is -0.497 e. The van der Waals surface area contributed by atoms with Gasteiger partial charge in [-0.1, -0.05) is 91.7 Å². The van der Waals surface area contributed by atoms with Crippen LogP contribution in [-0.4, -0.2) is 55.3 Å². The van der Waals surface area contributed by atoms with Crippen LogP contribution in [0.3, 0.4) is 0 Å². The monoisotopic (exact) mass is 646 g/mol. The van der Waals surface area contributed by atoms with E-state index in [2.05, 4.69) is 112 Å². The van der Waals surface area contributed by atoms with Crippen LogP contribution in [0, 0.1) is 5.92 Å². The fourth-order valence-electron chi connectivity index (χ4n) is 4.83. The van der Waals surface area contributed by atoms with Crippen LogP contribution in [0.2, 0.25) is 36.3 Å². The van der Waals surface area contributed by atoms with Gasteiger partial charge in [0.25, 0.3) is 0 Å². The van der Waals surface area contributed by atoms with Crippen molar-refractivity contribution in [3.05, 3.63) is 53.6 Å². The van der Waals surface area contributed by atoms with Crippen LogP contribution in [0.25, 0.3) is 0 Å².